The number of nitrogens with zero attached hydrogens (tertiary/aromatic N) is 1. The van der Waals surface area contributed by atoms with Gasteiger partial charge in [0, 0.05) is 39.0 Å². The molecule has 1 atom stereocenters. The minimum absolute atomic E-state index is 0.222. The summed E-state index contributed by atoms with van der Waals surface area (Å²) >= 11 is 0. The number of benzene rings is 1. The van der Waals surface area contributed by atoms with Crippen molar-refractivity contribution >= 4 is 5.69 Å². The SMILES string of the molecule is COCCCN(C)c1ccc(CC(C)N)cc1. The Bertz CT molecular complexity index is 309. The van der Waals surface area contributed by atoms with Crippen molar-refractivity contribution in [2.24, 2.45) is 5.73 Å². The lowest BCUT2D eigenvalue weighted by atomic mass is 10.1. The molecular weight excluding hydrogens is 212 g/mol. The summed E-state index contributed by atoms with van der Waals surface area (Å²) in [5.74, 6) is 0. The van der Waals surface area contributed by atoms with Crippen molar-refractivity contribution < 1.29 is 4.74 Å². The van der Waals surface area contributed by atoms with E-state index in [-0.39, 0.29) is 6.04 Å². The highest BCUT2D eigenvalue weighted by atomic mass is 16.5. The van der Waals surface area contributed by atoms with E-state index in [1.54, 1.807) is 7.11 Å². The average molecular weight is 236 g/mol. The van der Waals surface area contributed by atoms with Crippen molar-refractivity contribution in [3.8, 4) is 0 Å². The molecule has 0 saturated heterocycles. The number of rotatable bonds is 7. The fourth-order valence-electron chi connectivity index (χ4n) is 1.83. The third kappa shape index (κ3) is 5.20. The van der Waals surface area contributed by atoms with Gasteiger partial charge < -0.3 is 15.4 Å². The van der Waals surface area contributed by atoms with Crippen LogP contribution >= 0.6 is 0 Å². The first kappa shape index (κ1) is 14.0. The van der Waals surface area contributed by atoms with Gasteiger partial charge in [0.1, 0.15) is 0 Å². The molecule has 0 aliphatic heterocycles. The van der Waals surface area contributed by atoms with Crippen molar-refractivity contribution in [3.05, 3.63) is 29.8 Å². The number of hydrogen-bond donors (Lipinski definition) is 1. The Morgan fingerprint density at radius 1 is 1.29 bits per heavy atom. The van der Waals surface area contributed by atoms with Gasteiger partial charge >= 0.3 is 0 Å². The molecule has 0 spiro atoms. The van der Waals surface area contributed by atoms with Crippen LogP contribution in [0.4, 0.5) is 5.69 Å². The molecule has 0 aliphatic carbocycles. The van der Waals surface area contributed by atoms with E-state index >= 15 is 0 Å². The Kier molecular flexibility index (Phi) is 6.01. The van der Waals surface area contributed by atoms with E-state index in [4.69, 9.17) is 10.5 Å². The van der Waals surface area contributed by atoms with Crippen LogP contribution in [0.3, 0.4) is 0 Å². The van der Waals surface area contributed by atoms with Crippen molar-refractivity contribution in [2.75, 3.05) is 32.2 Å². The highest BCUT2D eigenvalue weighted by Crippen LogP contribution is 2.14. The molecule has 0 fully saturated rings. The first-order valence-corrected chi connectivity index (χ1v) is 6.18. The molecule has 0 aliphatic rings. The maximum atomic E-state index is 5.78. The number of nitrogens with two attached hydrogens (primary N) is 1. The zero-order valence-electron chi connectivity index (χ0n) is 11.1. The second-order valence-electron chi connectivity index (χ2n) is 4.62. The molecule has 0 saturated carbocycles. The van der Waals surface area contributed by atoms with Gasteiger partial charge in [0.15, 0.2) is 0 Å². The normalized spacial score (nSPS) is 12.5. The van der Waals surface area contributed by atoms with Crippen LogP contribution in [-0.2, 0) is 11.2 Å². The van der Waals surface area contributed by atoms with E-state index in [1.165, 1.54) is 11.3 Å². The summed E-state index contributed by atoms with van der Waals surface area (Å²) in [5, 5.41) is 0. The summed E-state index contributed by atoms with van der Waals surface area (Å²) < 4.78 is 5.05. The highest BCUT2D eigenvalue weighted by molar-refractivity contribution is 5.46. The van der Waals surface area contributed by atoms with E-state index in [2.05, 4.69) is 36.2 Å². The number of ether oxygens (including phenoxy) is 1. The molecule has 1 unspecified atom stereocenters. The van der Waals surface area contributed by atoms with Crippen LogP contribution in [-0.4, -0.2) is 33.4 Å². The maximum absolute atomic E-state index is 5.78. The van der Waals surface area contributed by atoms with Crippen LogP contribution < -0.4 is 10.6 Å². The molecule has 0 heterocycles. The fourth-order valence-corrected chi connectivity index (χ4v) is 1.83. The topological polar surface area (TPSA) is 38.5 Å². The zero-order chi connectivity index (χ0) is 12.7. The lowest BCUT2D eigenvalue weighted by molar-refractivity contribution is 0.196. The Morgan fingerprint density at radius 3 is 2.47 bits per heavy atom. The summed E-state index contributed by atoms with van der Waals surface area (Å²) in [7, 11) is 3.85. The summed E-state index contributed by atoms with van der Waals surface area (Å²) in [6, 6.07) is 8.85. The predicted octanol–water partition coefficient (Wildman–Crippen LogP) is 2.05. The molecule has 17 heavy (non-hydrogen) atoms. The van der Waals surface area contributed by atoms with E-state index < -0.39 is 0 Å². The number of methoxy groups -OCH3 is 1. The molecule has 0 amide bonds. The van der Waals surface area contributed by atoms with Gasteiger partial charge in [-0.2, -0.15) is 0 Å². The van der Waals surface area contributed by atoms with Gasteiger partial charge in [-0.1, -0.05) is 12.1 Å². The number of anilines is 1. The standard InChI is InChI=1S/C14H24N2O/c1-12(15)11-13-5-7-14(8-6-13)16(2)9-4-10-17-3/h5-8,12H,4,9-11,15H2,1-3H3. The van der Waals surface area contributed by atoms with Gasteiger partial charge in [-0.15, -0.1) is 0 Å². The van der Waals surface area contributed by atoms with Crippen LogP contribution in [0.5, 0.6) is 0 Å². The van der Waals surface area contributed by atoms with E-state index in [0.717, 1.165) is 26.0 Å². The maximum Gasteiger partial charge on any atom is 0.0479 e. The lowest BCUT2D eigenvalue weighted by Crippen LogP contribution is -2.20. The molecule has 0 bridgehead atoms. The average Bonchev–Trinajstić information content (AvgIpc) is 2.29. The third-order valence-corrected chi connectivity index (χ3v) is 2.78. The smallest absolute Gasteiger partial charge is 0.0479 e. The Hall–Kier alpha value is -1.06. The molecule has 1 aromatic carbocycles. The Morgan fingerprint density at radius 2 is 1.94 bits per heavy atom. The van der Waals surface area contributed by atoms with E-state index in [1.807, 2.05) is 6.92 Å². The summed E-state index contributed by atoms with van der Waals surface area (Å²) in [6.07, 6.45) is 1.99. The van der Waals surface area contributed by atoms with Gasteiger partial charge in [0.05, 0.1) is 0 Å². The fraction of sp³-hybridized carbons (Fsp3) is 0.571. The first-order valence-electron chi connectivity index (χ1n) is 6.18. The van der Waals surface area contributed by atoms with Crippen LogP contribution in [0.25, 0.3) is 0 Å². The van der Waals surface area contributed by atoms with Gasteiger partial charge in [-0.25, -0.2) is 0 Å². The van der Waals surface area contributed by atoms with Gasteiger partial charge in [0.2, 0.25) is 0 Å². The van der Waals surface area contributed by atoms with Crippen molar-refractivity contribution in [2.45, 2.75) is 25.8 Å². The number of hydrogen-bond acceptors (Lipinski definition) is 3. The zero-order valence-corrected chi connectivity index (χ0v) is 11.1. The van der Waals surface area contributed by atoms with Crippen molar-refractivity contribution in [1.29, 1.82) is 0 Å². The molecule has 2 N–H and O–H groups in total. The van der Waals surface area contributed by atoms with Gasteiger partial charge in [-0.3, -0.25) is 0 Å². The van der Waals surface area contributed by atoms with Crippen molar-refractivity contribution in [1.82, 2.24) is 0 Å². The van der Waals surface area contributed by atoms with E-state index in [9.17, 15) is 0 Å². The second-order valence-corrected chi connectivity index (χ2v) is 4.62. The highest BCUT2D eigenvalue weighted by Gasteiger charge is 2.02. The predicted molar refractivity (Wildman–Crippen MR) is 73.6 cm³/mol. The first-order chi connectivity index (χ1) is 8.13. The third-order valence-electron chi connectivity index (χ3n) is 2.78. The van der Waals surface area contributed by atoms with E-state index in [0.29, 0.717) is 0 Å². The second kappa shape index (κ2) is 7.30. The Labute approximate surface area is 105 Å². The Balaban J connectivity index is 2.48. The quantitative estimate of drug-likeness (QED) is 0.736. The molecule has 1 aromatic rings. The van der Waals surface area contributed by atoms with Crippen LogP contribution in [0, 0.1) is 0 Å². The monoisotopic (exact) mass is 236 g/mol. The molecular formula is C14H24N2O. The van der Waals surface area contributed by atoms with Gasteiger partial charge in [-0.05, 0) is 37.5 Å². The minimum atomic E-state index is 0.222. The molecule has 0 aromatic heterocycles. The summed E-state index contributed by atoms with van der Waals surface area (Å²) in [4.78, 5) is 2.24. The van der Waals surface area contributed by atoms with Gasteiger partial charge in [0.25, 0.3) is 0 Å². The van der Waals surface area contributed by atoms with Crippen LogP contribution in [0.2, 0.25) is 0 Å². The van der Waals surface area contributed by atoms with Crippen LogP contribution in [0.1, 0.15) is 18.9 Å². The van der Waals surface area contributed by atoms with Crippen molar-refractivity contribution in [3.63, 3.8) is 0 Å². The lowest BCUT2D eigenvalue weighted by Gasteiger charge is -2.19. The molecule has 3 heteroatoms. The van der Waals surface area contributed by atoms with Crippen LogP contribution in [0.15, 0.2) is 24.3 Å². The molecule has 1 rings (SSSR count). The molecule has 0 radical (unpaired) electrons. The summed E-state index contributed by atoms with van der Waals surface area (Å²) in [5.41, 5.74) is 8.32. The molecule has 3 nitrogen and oxygen atoms in total. The summed E-state index contributed by atoms with van der Waals surface area (Å²) in [6.45, 7) is 3.86. The minimum Gasteiger partial charge on any atom is -0.385 e. The largest absolute Gasteiger partial charge is 0.385 e. The molecule has 96 valence electrons.